The topological polar surface area (TPSA) is 40.5 Å². The van der Waals surface area contributed by atoms with E-state index >= 15 is 0 Å². The summed E-state index contributed by atoms with van der Waals surface area (Å²) in [7, 11) is 0. The summed E-state index contributed by atoms with van der Waals surface area (Å²) in [4.78, 5) is 0. The molecule has 0 bridgehead atoms. The molecular weight excluding hydrogens is 236 g/mol. The van der Waals surface area contributed by atoms with Gasteiger partial charge in [-0.25, -0.2) is 0 Å². The molecule has 0 rings (SSSR count). The maximum atomic E-state index is 10.1. The fourth-order valence-electron chi connectivity index (χ4n) is 3.18. The van der Waals surface area contributed by atoms with Gasteiger partial charge in [0.15, 0.2) is 0 Å². The lowest BCUT2D eigenvalue weighted by Crippen LogP contribution is -2.29. The molecule has 0 saturated heterocycles. The van der Waals surface area contributed by atoms with Crippen molar-refractivity contribution in [3.63, 3.8) is 0 Å². The summed E-state index contributed by atoms with van der Waals surface area (Å²) in [6.45, 7) is 13.3. The molecule has 0 radical (unpaired) electrons. The van der Waals surface area contributed by atoms with Gasteiger partial charge in [0.2, 0.25) is 0 Å². The molecule has 0 saturated carbocycles. The molecule has 0 fully saturated rings. The van der Waals surface area contributed by atoms with Crippen molar-refractivity contribution in [2.24, 2.45) is 29.6 Å². The van der Waals surface area contributed by atoms with Crippen molar-refractivity contribution in [2.45, 2.75) is 73.3 Å². The van der Waals surface area contributed by atoms with Crippen molar-refractivity contribution < 1.29 is 10.2 Å². The molecule has 0 heterocycles. The summed E-state index contributed by atoms with van der Waals surface area (Å²) < 4.78 is 0. The van der Waals surface area contributed by atoms with Crippen LogP contribution >= 0.6 is 0 Å². The van der Waals surface area contributed by atoms with Crippen LogP contribution in [-0.2, 0) is 0 Å². The van der Waals surface area contributed by atoms with Gasteiger partial charge >= 0.3 is 0 Å². The van der Waals surface area contributed by atoms with Gasteiger partial charge in [-0.2, -0.15) is 0 Å². The first-order valence-electron chi connectivity index (χ1n) is 8.10. The van der Waals surface area contributed by atoms with Crippen molar-refractivity contribution in [1.29, 1.82) is 0 Å². The second-order valence-corrected chi connectivity index (χ2v) is 7.06. The second-order valence-electron chi connectivity index (χ2n) is 7.06. The molecular formula is C17H36O2. The summed E-state index contributed by atoms with van der Waals surface area (Å²) in [6, 6.07) is 0. The Morgan fingerprint density at radius 3 is 1.68 bits per heavy atom. The fraction of sp³-hybridized carbons (Fsp3) is 1.00. The lowest BCUT2D eigenvalue weighted by atomic mass is 9.82. The largest absolute Gasteiger partial charge is 0.396 e. The molecule has 0 aromatic rings. The SMILES string of the molecule is CCC(C)C[C@H](C)C[C@H](C)C[C@H](C)[C@@H](O)[C@@H](C)CO. The Morgan fingerprint density at radius 1 is 0.737 bits per heavy atom. The van der Waals surface area contributed by atoms with E-state index < -0.39 is 0 Å². The van der Waals surface area contributed by atoms with Crippen LogP contribution < -0.4 is 0 Å². The smallest absolute Gasteiger partial charge is 0.0613 e. The van der Waals surface area contributed by atoms with E-state index in [4.69, 9.17) is 5.11 Å². The molecule has 0 aliphatic heterocycles. The molecule has 2 N–H and O–H groups in total. The summed E-state index contributed by atoms with van der Waals surface area (Å²) in [5.74, 6) is 2.49. The highest BCUT2D eigenvalue weighted by molar-refractivity contribution is 4.73. The average molecular weight is 272 g/mol. The number of rotatable bonds is 10. The summed E-state index contributed by atoms with van der Waals surface area (Å²) in [5.41, 5.74) is 0. The maximum absolute atomic E-state index is 10.1. The van der Waals surface area contributed by atoms with Crippen LogP contribution in [0.5, 0.6) is 0 Å². The Labute approximate surface area is 120 Å². The van der Waals surface area contributed by atoms with Gasteiger partial charge < -0.3 is 10.2 Å². The molecule has 6 atom stereocenters. The molecule has 2 heteroatoms. The van der Waals surface area contributed by atoms with Crippen LogP contribution in [0.25, 0.3) is 0 Å². The fourth-order valence-corrected chi connectivity index (χ4v) is 3.18. The minimum Gasteiger partial charge on any atom is -0.396 e. The number of aliphatic hydroxyl groups excluding tert-OH is 2. The first-order chi connectivity index (χ1) is 8.81. The van der Waals surface area contributed by atoms with Crippen LogP contribution in [0.4, 0.5) is 0 Å². The Morgan fingerprint density at radius 2 is 1.21 bits per heavy atom. The third kappa shape index (κ3) is 7.94. The van der Waals surface area contributed by atoms with Gasteiger partial charge in [0.25, 0.3) is 0 Å². The normalized spacial score (nSPS) is 21.5. The van der Waals surface area contributed by atoms with Crippen LogP contribution in [0.3, 0.4) is 0 Å². The van der Waals surface area contributed by atoms with Gasteiger partial charge in [0, 0.05) is 12.5 Å². The van der Waals surface area contributed by atoms with E-state index in [1.165, 1.54) is 19.3 Å². The Bertz CT molecular complexity index is 217. The molecule has 0 aromatic heterocycles. The van der Waals surface area contributed by atoms with Gasteiger partial charge in [0.1, 0.15) is 0 Å². The van der Waals surface area contributed by atoms with Crippen molar-refractivity contribution in [2.75, 3.05) is 6.61 Å². The second kappa shape index (κ2) is 9.77. The standard InChI is InChI=1S/C17H36O2/c1-7-12(2)8-13(3)9-14(4)10-15(5)17(19)16(6)11-18/h12-19H,7-11H2,1-6H3/t12?,13-,14-,15-,16-,17+/m0/s1. The van der Waals surface area contributed by atoms with Crippen LogP contribution in [0.1, 0.15) is 67.2 Å². The predicted octanol–water partition coefficient (Wildman–Crippen LogP) is 4.10. The number of hydrogen-bond donors (Lipinski definition) is 2. The van der Waals surface area contributed by atoms with Crippen molar-refractivity contribution in [3.05, 3.63) is 0 Å². The predicted molar refractivity (Wildman–Crippen MR) is 83.1 cm³/mol. The lowest BCUT2D eigenvalue weighted by molar-refractivity contribution is 0.0277. The Hall–Kier alpha value is -0.0800. The van der Waals surface area contributed by atoms with E-state index in [2.05, 4.69) is 34.6 Å². The molecule has 0 amide bonds. The van der Waals surface area contributed by atoms with Gasteiger partial charge in [-0.3, -0.25) is 0 Å². The van der Waals surface area contributed by atoms with Crippen LogP contribution in [0, 0.1) is 29.6 Å². The molecule has 0 aliphatic rings. The van der Waals surface area contributed by atoms with Gasteiger partial charge in [-0.05, 0) is 42.9 Å². The molecule has 0 spiro atoms. The van der Waals surface area contributed by atoms with Crippen molar-refractivity contribution >= 4 is 0 Å². The summed E-state index contributed by atoms with van der Waals surface area (Å²) in [6.07, 6.45) is 4.50. The zero-order valence-corrected chi connectivity index (χ0v) is 13.9. The van der Waals surface area contributed by atoms with E-state index in [9.17, 15) is 5.11 Å². The van der Waals surface area contributed by atoms with Gasteiger partial charge in [-0.1, -0.05) is 48.0 Å². The third-order valence-corrected chi connectivity index (χ3v) is 4.53. The van der Waals surface area contributed by atoms with E-state index in [0.29, 0.717) is 5.92 Å². The molecule has 1 unspecified atom stereocenters. The molecule has 19 heavy (non-hydrogen) atoms. The highest BCUT2D eigenvalue weighted by atomic mass is 16.3. The quantitative estimate of drug-likeness (QED) is 0.628. The minimum absolute atomic E-state index is 0.0141. The van der Waals surface area contributed by atoms with E-state index in [-0.39, 0.29) is 24.5 Å². The van der Waals surface area contributed by atoms with Crippen molar-refractivity contribution in [1.82, 2.24) is 0 Å². The van der Waals surface area contributed by atoms with Gasteiger partial charge in [-0.15, -0.1) is 0 Å². The summed E-state index contributed by atoms with van der Waals surface area (Å²) >= 11 is 0. The monoisotopic (exact) mass is 272 g/mol. The van der Waals surface area contributed by atoms with Crippen LogP contribution in [-0.4, -0.2) is 22.9 Å². The molecule has 0 aromatic carbocycles. The Kier molecular flexibility index (Phi) is 9.72. The van der Waals surface area contributed by atoms with Crippen molar-refractivity contribution in [3.8, 4) is 0 Å². The summed E-state index contributed by atoms with van der Waals surface area (Å²) in [5, 5.41) is 19.2. The molecule has 0 aliphatic carbocycles. The Balaban J connectivity index is 4.05. The van der Waals surface area contributed by atoms with E-state index in [1.807, 2.05) is 6.92 Å². The number of aliphatic hydroxyl groups is 2. The molecule has 116 valence electrons. The first-order valence-corrected chi connectivity index (χ1v) is 8.10. The highest BCUT2D eigenvalue weighted by Crippen LogP contribution is 2.27. The van der Waals surface area contributed by atoms with Crippen LogP contribution in [0.15, 0.2) is 0 Å². The van der Waals surface area contributed by atoms with E-state index in [1.54, 1.807) is 0 Å². The van der Waals surface area contributed by atoms with Crippen LogP contribution in [0.2, 0.25) is 0 Å². The zero-order chi connectivity index (χ0) is 15.0. The lowest BCUT2D eigenvalue weighted by Gasteiger charge is -2.27. The number of hydrogen-bond acceptors (Lipinski definition) is 2. The maximum Gasteiger partial charge on any atom is 0.0613 e. The molecule has 2 nitrogen and oxygen atoms in total. The average Bonchev–Trinajstić information content (AvgIpc) is 2.35. The third-order valence-electron chi connectivity index (χ3n) is 4.53. The van der Waals surface area contributed by atoms with Gasteiger partial charge in [0.05, 0.1) is 6.10 Å². The minimum atomic E-state index is -0.377. The first kappa shape index (κ1) is 18.9. The zero-order valence-electron chi connectivity index (χ0n) is 13.9. The highest BCUT2D eigenvalue weighted by Gasteiger charge is 2.23. The van der Waals surface area contributed by atoms with E-state index in [0.717, 1.165) is 18.3 Å².